The molecule has 0 aliphatic rings. The van der Waals surface area contributed by atoms with Crippen LogP contribution in [0, 0.1) is 3.57 Å². The highest BCUT2D eigenvalue weighted by atomic mass is 127. The van der Waals surface area contributed by atoms with Gasteiger partial charge in [-0.2, -0.15) is 0 Å². The lowest BCUT2D eigenvalue weighted by Crippen LogP contribution is -2.40. The summed E-state index contributed by atoms with van der Waals surface area (Å²) < 4.78 is 0.772. The van der Waals surface area contributed by atoms with Crippen molar-refractivity contribution in [1.82, 2.24) is 5.32 Å². The molecule has 0 saturated carbocycles. The van der Waals surface area contributed by atoms with Gasteiger partial charge in [0.25, 0.3) is 0 Å². The topological polar surface area (TPSA) is 78.4 Å². The number of nitrogens with one attached hydrogen (secondary N) is 2. The summed E-state index contributed by atoms with van der Waals surface area (Å²) in [6.45, 7) is 1.38. The van der Waals surface area contributed by atoms with Crippen LogP contribution >= 0.6 is 34.2 Å². The molecule has 0 aliphatic carbocycles. The van der Waals surface area contributed by atoms with Gasteiger partial charge in [0.2, 0.25) is 0 Å². The summed E-state index contributed by atoms with van der Waals surface area (Å²) in [5.74, 6) is -1.09. The van der Waals surface area contributed by atoms with E-state index in [0.717, 1.165) is 3.57 Å². The molecule has 1 atom stereocenters. The Kier molecular flexibility index (Phi) is 5.01. The van der Waals surface area contributed by atoms with E-state index in [1.807, 2.05) is 22.6 Å². The maximum Gasteiger partial charge on any atom is 0.325 e. The number of aliphatic carboxylic acids is 1. The van der Waals surface area contributed by atoms with Gasteiger partial charge in [0.15, 0.2) is 0 Å². The molecule has 92 valence electrons. The Hall–Kier alpha value is -1.02. The summed E-state index contributed by atoms with van der Waals surface area (Å²) in [6, 6.07) is 3.47. The quantitative estimate of drug-likeness (QED) is 0.718. The molecular formula is C10H10ClIN2O3. The molecule has 0 aliphatic heterocycles. The van der Waals surface area contributed by atoms with Crippen molar-refractivity contribution < 1.29 is 14.7 Å². The summed E-state index contributed by atoms with van der Waals surface area (Å²) in [5, 5.41) is 14.0. The molecule has 0 spiro atoms. The van der Waals surface area contributed by atoms with Crippen LogP contribution in [0.15, 0.2) is 18.2 Å². The SMILES string of the molecule is C[C@H](NC(=O)Nc1ccc(Cl)cc1I)C(=O)O. The van der Waals surface area contributed by atoms with Crippen molar-refractivity contribution in [2.75, 3.05) is 5.32 Å². The van der Waals surface area contributed by atoms with Gasteiger partial charge in [-0.05, 0) is 47.7 Å². The van der Waals surface area contributed by atoms with E-state index >= 15 is 0 Å². The number of benzene rings is 1. The van der Waals surface area contributed by atoms with Gasteiger partial charge in [-0.15, -0.1) is 0 Å². The van der Waals surface area contributed by atoms with Crippen LogP contribution in [0.3, 0.4) is 0 Å². The van der Waals surface area contributed by atoms with E-state index in [0.29, 0.717) is 10.7 Å². The van der Waals surface area contributed by atoms with Crippen LogP contribution in [0.2, 0.25) is 5.02 Å². The summed E-state index contributed by atoms with van der Waals surface area (Å²) in [5.41, 5.74) is 0.574. The second-order valence-corrected chi connectivity index (χ2v) is 4.88. The number of carbonyl (C=O) groups is 2. The van der Waals surface area contributed by atoms with Crippen LogP contribution in [0.5, 0.6) is 0 Å². The maximum absolute atomic E-state index is 11.4. The van der Waals surface area contributed by atoms with E-state index in [-0.39, 0.29) is 0 Å². The zero-order valence-electron chi connectivity index (χ0n) is 8.83. The number of halogens is 2. The van der Waals surface area contributed by atoms with Crippen LogP contribution in [-0.4, -0.2) is 23.1 Å². The number of carboxylic acid groups (broad SMARTS) is 1. The molecular weight excluding hydrogens is 358 g/mol. The first-order valence-electron chi connectivity index (χ1n) is 4.65. The minimum atomic E-state index is -1.09. The molecule has 0 aromatic heterocycles. The van der Waals surface area contributed by atoms with Crippen molar-refractivity contribution in [2.24, 2.45) is 0 Å². The molecule has 17 heavy (non-hydrogen) atoms. The normalized spacial score (nSPS) is 11.7. The molecule has 0 unspecified atom stereocenters. The Labute approximate surface area is 117 Å². The van der Waals surface area contributed by atoms with Crippen LogP contribution in [0.1, 0.15) is 6.92 Å². The van der Waals surface area contributed by atoms with E-state index in [1.165, 1.54) is 6.92 Å². The molecule has 0 fully saturated rings. The predicted octanol–water partition coefficient (Wildman–Crippen LogP) is 2.54. The van der Waals surface area contributed by atoms with Gasteiger partial charge in [-0.3, -0.25) is 4.79 Å². The number of hydrogen-bond acceptors (Lipinski definition) is 2. The zero-order chi connectivity index (χ0) is 13.0. The Morgan fingerprint density at radius 3 is 2.65 bits per heavy atom. The third kappa shape index (κ3) is 4.39. The first-order chi connectivity index (χ1) is 7.90. The molecule has 2 amide bonds. The number of urea groups is 1. The second kappa shape index (κ2) is 6.06. The maximum atomic E-state index is 11.4. The third-order valence-corrected chi connectivity index (χ3v) is 3.02. The standard InChI is InChI=1S/C10H10ClIN2O3/c1-5(9(15)16)13-10(17)14-8-3-2-6(11)4-7(8)12/h2-5H,1H3,(H,15,16)(H2,13,14,17)/t5-/m0/s1. The fourth-order valence-electron chi connectivity index (χ4n) is 1.01. The average Bonchev–Trinajstić information content (AvgIpc) is 2.22. The van der Waals surface area contributed by atoms with E-state index < -0.39 is 18.0 Å². The number of rotatable bonds is 3. The monoisotopic (exact) mass is 368 g/mol. The number of carboxylic acids is 1. The minimum absolute atomic E-state index is 0.569. The van der Waals surface area contributed by atoms with E-state index in [9.17, 15) is 9.59 Å². The highest BCUT2D eigenvalue weighted by Gasteiger charge is 2.14. The van der Waals surface area contributed by atoms with Crippen LogP contribution < -0.4 is 10.6 Å². The number of carbonyl (C=O) groups excluding carboxylic acids is 1. The van der Waals surface area contributed by atoms with Gasteiger partial charge in [0.05, 0.1) is 5.69 Å². The van der Waals surface area contributed by atoms with E-state index in [4.69, 9.17) is 16.7 Å². The van der Waals surface area contributed by atoms with Crippen molar-refractivity contribution in [3.8, 4) is 0 Å². The number of amides is 2. The first kappa shape index (κ1) is 14.0. The Bertz CT molecular complexity index is 453. The fraction of sp³-hybridized carbons (Fsp3) is 0.200. The lowest BCUT2D eigenvalue weighted by molar-refractivity contribution is -0.138. The highest BCUT2D eigenvalue weighted by molar-refractivity contribution is 14.1. The van der Waals surface area contributed by atoms with E-state index in [1.54, 1.807) is 18.2 Å². The molecule has 7 heteroatoms. The summed E-state index contributed by atoms with van der Waals surface area (Å²) in [6.07, 6.45) is 0. The molecule has 5 nitrogen and oxygen atoms in total. The van der Waals surface area contributed by atoms with Crippen LogP contribution in [0.25, 0.3) is 0 Å². The minimum Gasteiger partial charge on any atom is -0.480 e. The van der Waals surface area contributed by atoms with Crippen molar-refractivity contribution in [2.45, 2.75) is 13.0 Å². The summed E-state index contributed by atoms with van der Waals surface area (Å²) in [7, 11) is 0. The summed E-state index contributed by atoms with van der Waals surface area (Å²) in [4.78, 5) is 22.0. The van der Waals surface area contributed by atoms with E-state index in [2.05, 4.69) is 10.6 Å². The molecule has 0 radical (unpaired) electrons. The predicted molar refractivity (Wildman–Crippen MR) is 73.4 cm³/mol. The molecule has 0 bridgehead atoms. The van der Waals surface area contributed by atoms with Crippen LogP contribution in [0.4, 0.5) is 10.5 Å². The Balaban J connectivity index is 2.65. The van der Waals surface area contributed by atoms with Gasteiger partial charge in [-0.25, -0.2) is 4.79 Å². The molecule has 0 saturated heterocycles. The molecule has 1 aromatic rings. The Morgan fingerprint density at radius 1 is 1.47 bits per heavy atom. The average molecular weight is 369 g/mol. The first-order valence-corrected chi connectivity index (χ1v) is 6.11. The van der Waals surface area contributed by atoms with Crippen molar-refractivity contribution >= 4 is 51.9 Å². The number of anilines is 1. The zero-order valence-corrected chi connectivity index (χ0v) is 11.7. The second-order valence-electron chi connectivity index (χ2n) is 3.28. The Morgan fingerprint density at radius 2 is 2.12 bits per heavy atom. The summed E-state index contributed by atoms with van der Waals surface area (Å²) >= 11 is 7.79. The van der Waals surface area contributed by atoms with Crippen molar-refractivity contribution in [3.05, 3.63) is 26.8 Å². The lowest BCUT2D eigenvalue weighted by Gasteiger charge is -2.11. The smallest absolute Gasteiger partial charge is 0.325 e. The third-order valence-electron chi connectivity index (χ3n) is 1.90. The molecule has 3 N–H and O–H groups in total. The van der Waals surface area contributed by atoms with Gasteiger partial charge in [0.1, 0.15) is 6.04 Å². The fourth-order valence-corrected chi connectivity index (χ4v) is 2.01. The highest BCUT2D eigenvalue weighted by Crippen LogP contribution is 2.22. The van der Waals surface area contributed by atoms with Gasteiger partial charge >= 0.3 is 12.0 Å². The van der Waals surface area contributed by atoms with Crippen molar-refractivity contribution in [1.29, 1.82) is 0 Å². The molecule has 0 heterocycles. The lowest BCUT2D eigenvalue weighted by atomic mass is 10.3. The van der Waals surface area contributed by atoms with Gasteiger partial charge in [-0.1, -0.05) is 11.6 Å². The number of hydrogen-bond donors (Lipinski definition) is 3. The van der Waals surface area contributed by atoms with Crippen molar-refractivity contribution in [3.63, 3.8) is 0 Å². The van der Waals surface area contributed by atoms with Gasteiger partial charge < -0.3 is 15.7 Å². The molecule has 1 rings (SSSR count). The van der Waals surface area contributed by atoms with Gasteiger partial charge in [0, 0.05) is 8.59 Å². The largest absolute Gasteiger partial charge is 0.480 e. The molecule has 1 aromatic carbocycles. The van der Waals surface area contributed by atoms with Crippen LogP contribution in [-0.2, 0) is 4.79 Å².